The number of ether oxygens (including phenoxy) is 3. The maximum absolute atomic E-state index is 9.09. The standard InChI is InChI=1S/C18H14N4O3/c19-10-14-17(21-22-20-14)13-4-1-3-12(9-13)11-25-16-6-2-5-15-18(16)24-8-7-23-15/h1-6,9H,7-8,11H2,(H,20,21,22). The predicted octanol–water partition coefficient (Wildman–Crippen LogP) is 2.69. The Morgan fingerprint density at radius 1 is 1.16 bits per heavy atom. The number of nitriles is 1. The molecule has 0 radical (unpaired) electrons. The molecule has 25 heavy (non-hydrogen) atoms. The van der Waals surface area contributed by atoms with E-state index >= 15 is 0 Å². The van der Waals surface area contributed by atoms with E-state index in [9.17, 15) is 0 Å². The Kier molecular flexibility index (Phi) is 3.92. The third-order valence-electron chi connectivity index (χ3n) is 3.79. The van der Waals surface area contributed by atoms with Crippen molar-refractivity contribution < 1.29 is 14.2 Å². The predicted molar refractivity (Wildman–Crippen MR) is 88.3 cm³/mol. The lowest BCUT2D eigenvalue weighted by Crippen LogP contribution is -2.16. The van der Waals surface area contributed by atoms with Gasteiger partial charge in [-0.1, -0.05) is 29.5 Å². The highest BCUT2D eigenvalue weighted by Gasteiger charge is 2.17. The molecule has 1 aliphatic heterocycles. The molecule has 0 fully saturated rings. The highest BCUT2D eigenvalue weighted by atomic mass is 16.6. The summed E-state index contributed by atoms with van der Waals surface area (Å²) in [4.78, 5) is 0. The molecule has 0 atom stereocenters. The Morgan fingerprint density at radius 2 is 2.04 bits per heavy atom. The number of nitrogens with one attached hydrogen (secondary N) is 1. The number of para-hydroxylation sites is 1. The topological polar surface area (TPSA) is 93.1 Å². The average Bonchev–Trinajstić information content (AvgIpc) is 3.15. The third-order valence-corrected chi connectivity index (χ3v) is 3.79. The maximum atomic E-state index is 9.09. The van der Waals surface area contributed by atoms with Crippen LogP contribution in [0.5, 0.6) is 17.2 Å². The molecule has 2 heterocycles. The molecule has 0 spiro atoms. The van der Waals surface area contributed by atoms with Crippen LogP contribution in [0.15, 0.2) is 42.5 Å². The molecule has 7 heteroatoms. The van der Waals surface area contributed by atoms with Crippen molar-refractivity contribution in [3.8, 4) is 34.6 Å². The van der Waals surface area contributed by atoms with Crippen molar-refractivity contribution in [2.45, 2.75) is 6.61 Å². The van der Waals surface area contributed by atoms with Crippen molar-refractivity contribution in [2.24, 2.45) is 0 Å². The number of fused-ring (bicyclic) bond motifs is 1. The number of nitrogens with zero attached hydrogens (tertiary/aromatic N) is 3. The van der Waals surface area contributed by atoms with Crippen LogP contribution >= 0.6 is 0 Å². The monoisotopic (exact) mass is 334 g/mol. The minimum Gasteiger partial charge on any atom is -0.486 e. The second-order valence-electron chi connectivity index (χ2n) is 5.42. The molecular formula is C18H14N4O3. The first kappa shape index (κ1) is 15.0. The Labute approximate surface area is 143 Å². The van der Waals surface area contributed by atoms with Crippen molar-refractivity contribution in [3.63, 3.8) is 0 Å². The summed E-state index contributed by atoms with van der Waals surface area (Å²) in [6, 6.07) is 15.3. The number of hydrogen-bond acceptors (Lipinski definition) is 6. The highest BCUT2D eigenvalue weighted by Crippen LogP contribution is 2.39. The van der Waals surface area contributed by atoms with Gasteiger partial charge in [0.25, 0.3) is 0 Å². The second-order valence-corrected chi connectivity index (χ2v) is 5.42. The molecule has 0 bridgehead atoms. The fourth-order valence-corrected chi connectivity index (χ4v) is 2.64. The molecule has 4 rings (SSSR count). The van der Waals surface area contributed by atoms with E-state index in [0.717, 1.165) is 11.1 Å². The van der Waals surface area contributed by atoms with E-state index in [1.807, 2.05) is 48.5 Å². The Bertz CT molecular complexity index is 945. The van der Waals surface area contributed by atoms with Crippen LogP contribution in [0.3, 0.4) is 0 Å². The fraction of sp³-hybridized carbons (Fsp3) is 0.167. The average molecular weight is 334 g/mol. The van der Waals surface area contributed by atoms with Crippen LogP contribution < -0.4 is 14.2 Å². The summed E-state index contributed by atoms with van der Waals surface area (Å²) < 4.78 is 17.1. The van der Waals surface area contributed by atoms with E-state index < -0.39 is 0 Å². The van der Waals surface area contributed by atoms with Crippen molar-refractivity contribution in [1.82, 2.24) is 15.4 Å². The number of benzene rings is 2. The lowest BCUT2D eigenvalue weighted by Gasteiger charge is -2.20. The van der Waals surface area contributed by atoms with Gasteiger partial charge in [-0.2, -0.15) is 5.26 Å². The second kappa shape index (κ2) is 6.53. The van der Waals surface area contributed by atoms with Crippen LogP contribution in [0, 0.1) is 11.3 Å². The van der Waals surface area contributed by atoms with Gasteiger partial charge in [-0.05, 0) is 23.8 Å². The van der Waals surface area contributed by atoms with E-state index in [1.165, 1.54) is 0 Å². The van der Waals surface area contributed by atoms with E-state index in [2.05, 4.69) is 15.4 Å². The lowest BCUT2D eigenvalue weighted by atomic mass is 10.1. The molecule has 1 aliphatic rings. The van der Waals surface area contributed by atoms with Crippen LogP contribution in [0.4, 0.5) is 0 Å². The zero-order chi connectivity index (χ0) is 17.1. The zero-order valence-corrected chi connectivity index (χ0v) is 13.2. The third kappa shape index (κ3) is 2.97. The highest BCUT2D eigenvalue weighted by molar-refractivity contribution is 5.64. The molecular weight excluding hydrogens is 320 g/mol. The fourth-order valence-electron chi connectivity index (χ4n) is 2.64. The summed E-state index contributed by atoms with van der Waals surface area (Å²) in [5, 5.41) is 19.3. The van der Waals surface area contributed by atoms with Gasteiger partial charge >= 0.3 is 0 Å². The molecule has 0 saturated carbocycles. The van der Waals surface area contributed by atoms with Crippen LogP contribution in [0.1, 0.15) is 11.3 Å². The Hall–Kier alpha value is -3.53. The van der Waals surface area contributed by atoms with E-state index in [1.54, 1.807) is 0 Å². The SMILES string of the molecule is N#Cc1[nH]nnc1-c1cccc(COc2cccc3c2OCCO3)c1. The van der Waals surface area contributed by atoms with Gasteiger partial charge in [0.1, 0.15) is 31.6 Å². The number of aromatic nitrogens is 3. The van der Waals surface area contributed by atoms with Crippen LogP contribution in [-0.4, -0.2) is 28.6 Å². The normalized spacial score (nSPS) is 12.4. The Balaban J connectivity index is 1.55. The summed E-state index contributed by atoms with van der Waals surface area (Å²) in [6.45, 7) is 1.40. The van der Waals surface area contributed by atoms with Crippen LogP contribution in [-0.2, 0) is 6.61 Å². The first-order valence-electron chi connectivity index (χ1n) is 7.77. The summed E-state index contributed by atoms with van der Waals surface area (Å²) in [6.07, 6.45) is 0. The first-order chi connectivity index (χ1) is 12.3. The largest absolute Gasteiger partial charge is 0.486 e. The lowest BCUT2D eigenvalue weighted by molar-refractivity contribution is 0.161. The number of H-pyrrole nitrogens is 1. The molecule has 0 unspecified atom stereocenters. The molecule has 3 aromatic rings. The van der Waals surface area contributed by atoms with Crippen molar-refractivity contribution in [2.75, 3.05) is 13.2 Å². The smallest absolute Gasteiger partial charge is 0.203 e. The molecule has 7 nitrogen and oxygen atoms in total. The molecule has 0 saturated heterocycles. The van der Waals surface area contributed by atoms with Gasteiger partial charge in [-0.25, -0.2) is 5.10 Å². The van der Waals surface area contributed by atoms with E-state index in [-0.39, 0.29) is 0 Å². The van der Waals surface area contributed by atoms with Crippen molar-refractivity contribution in [1.29, 1.82) is 5.26 Å². The van der Waals surface area contributed by atoms with Gasteiger partial charge in [0.05, 0.1) is 0 Å². The minimum atomic E-state index is 0.334. The van der Waals surface area contributed by atoms with Gasteiger partial charge < -0.3 is 14.2 Å². The molecule has 0 amide bonds. The molecule has 124 valence electrons. The van der Waals surface area contributed by atoms with Gasteiger partial charge in [-0.3, -0.25) is 0 Å². The summed E-state index contributed by atoms with van der Waals surface area (Å²) in [7, 11) is 0. The van der Waals surface area contributed by atoms with Crippen LogP contribution in [0.2, 0.25) is 0 Å². The van der Waals surface area contributed by atoms with E-state index in [0.29, 0.717) is 48.5 Å². The molecule has 0 aliphatic carbocycles. The number of hydrogen-bond donors (Lipinski definition) is 1. The Morgan fingerprint density at radius 3 is 2.96 bits per heavy atom. The van der Waals surface area contributed by atoms with Crippen molar-refractivity contribution >= 4 is 0 Å². The quantitative estimate of drug-likeness (QED) is 0.788. The van der Waals surface area contributed by atoms with E-state index in [4.69, 9.17) is 19.5 Å². The number of aromatic amines is 1. The van der Waals surface area contributed by atoms with Gasteiger partial charge in [0.15, 0.2) is 17.2 Å². The van der Waals surface area contributed by atoms with Gasteiger partial charge in [0, 0.05) is 5.56 Å². The van der Waals surface area contributed by atoms with Crippen LogP contribution in [0.25, 0.3) is 11.3 Å². The number of rotatable bonds is 4. The van der Waals surface area contributed by atoms with Gasteiger partial charge in [-0.15, -0.1) is 5.10 Å². The van der Waals surface area contributed by atoms with Crippen molar-refractivity contribution in [3.05, 3.63) is 53.7 Å². The first-order valence-corrected chi connectivity index (χ1v) is 7.77. The summed E-state index contributed by atoms with van der Waals surface area (Å²) >= 11 is 0. The van der Waals surface area contributed by atoms with Gasteiger partial charge in [0.2, 0.25) is 5.75 Å². The molecule has 1 N–H and O–H groups in total. The summed E-state index contributed by atoms with van der Waals surface area (Å²) in [5.41, 5.74) is 2.61. The molecule has 1 aromatic heterocycles. The molecule has 2 aromatic carbocycles. The summed E-state index contributed by atoms with van der Waals surface area (Å²) in [5.74, 6) is 1.97. The maximum Gasteiger partial charge on any atom is 0.203 e. The minimum absolute atomic E-state index is 0.334. The zero-order valence-electron chi connectivity index (χ0n) is 13.2.